The SMILES string of the molecule is COc1ccccc1CNC(=O)c1ccc(N2CCN(c3ccccc3C)CC2)c(NC(=O)c2ccco2)c1. The summed E-state index contributed by atoms with van der Waals surface area (Å²) in [5.74, 6) is 0.303. The molecule has 2 N–H and O–H groups in total. The Morgan fingerprint density at radius 1 is 0.846 bits per heavy atom. The molecule has 1 aliphatic heterocycles. The summed E-state index contributed by atoms with van der Waals surface area (Å²) in [5, 5.41) is 5.92. The van der Waals surface area contributed by atoms with Crippen molar-refractivity contribution in [2.45, 2.75) is 13.5 Å². The van der Waals surface area contributed by atoms with E-state index in [0.717, 1.165) is 37.4 Å². The number of furan rings is 1. The lowest BCUT2D eigenvalue weighted by Crippen LogP contribution is -2.47. The van der Waals surface area contributed by atoms with Gasteiger partial charge in [0.05, 0.1) is 24.7 Å². The number of piperazine rings is 1. The van der Waals surface area contributed by atoms with E-state index in [-0.39, 0.29) is 17.6 Å². The smallest absolute Gasteiger partial charge is 0.291 e. The standard InChI is InChI=1S/C31H32N4O4/c1-22-8-3-5-10-26(22)34-15-17-35(18-16-34)27-14-13-23(20-25(27)33-31(37)29-12-7-19-39-29)30(36)32-21-24-9-4-6-11-28(24)38-2/h3-14,19-20H,15-18,21H2,1-2H3,(H,32,36)(H,33,37). The first kappa shape index (κ1) is 25.9. The van der Waals surface area contributed by atoms with Crippen molar-refractivity contribution in [1.82, 2.24) is 5.32 Å². The molecular weight excluding hydrogens is 492 g/mol. The number of benzene rings is 3. The predicted molar refractivity (Wildman–Crippen MR) is 153 cm³/mol. The molecule has 2 amide bonds. The molecule has 0 spiro atoms. The Bertz CT molecular complexity index is 1440. The minimum absolute atomic E-state index is 0.205. The third kappa shape index (κ3) is 5.90. The number of para-hydroxylation sites is 2. The third-order valence-electron chi connectivity index (χ3n) is 6.96. The molecule has 4 aromatic rings. The zero-order valence-corrected chi connectivity index (χ0v) is 22.1. The molecule has 8 nitrogen and oxygen atoms in total. The average Bonchev–Trinajstić information content (AvgIpc) is 3.52. The van der Waals surface area contributed by atoms with Gasteiger partial charge in [0.25, 0.3) is 11.8 Å². The fourth-order valence-corrected chi connectivity index (χ4v) is 4.88. The number of nitrogens with zero attached hydrogens (tertiary/aromatic N) is 2. The molecule has 1 fully saturated rings. The number of aryl methyl sites for hydroxylation is 1. The number of anilines is 3. The molecule has 0 aliphatic carbocycles. The number of hydrogen-bond donors (Lipinski definition) is 2. The second-order valence-corrected chi connectivity index (χ2v) is 9.42. The zero-order valence-electron chi connectivity index (χ0n) is 22.1. The largest absolute Gasteiger partial charge is 0.496 e. The molecule has 0 unspecified atom stereocenters. The van der Waals surface area contributed by atoms with E-state index in [2.05, 4.69) is 51.6 Å². The summed E-state index contributed by atoms with van der Waals surface area (Å²) in [4.78, 5) is 30.6. The van der Waals surface area contributed by atoms with Gasteiger partial charge in [0.1, 0.15) is 5.75 Å². The zero-order chi connectivity index (χ0) is 27.2. The summed E-state index contributed by atoms with van der Waals surface area (Å²) in [6.45, 7) is 5.69. The summed E-state index contributed by atoms with van der Waals surface area (Å²) in [7, 11) is 1.61. The number of carbonyl (C=O) groups is 2. The molecule has 0 saturated carbocycles. The van der Waals surface area contributed by atoms with Crippen molar-refractivity contribution < 1.29 is 18.7 Å². The number of amides is 2. The topological polar surface area (TPSA) is 87.0 Å². The van der Waals surface area contributed by atoms with Crippen molar-refractivity contribution in [3.8, 4) is 5.75 Å². The van der Waals surface area contributed by atoms with Crippen molar-refractivity contribution in [2.75, 3.05) is 48.4 Å². The Labute approximate surface area is 228 Å². The molecule has 39 heavy (non-hydrogen) atoms. The molecule has 5 rings (SSSR count). The molecule has 0 radical (unpaired) electrons. The first-order chi connectivity index (χ1) is 19.0. The van der Waals surface area contributed by atoms with Crippen LogP contribution in [0, 0.1) is 6.92 Å². The highest BCUT2D eigenvalue weighted by molar-refractivity contribution is 6.05. The highest BCUT2D eigenvalue weighted by Gasteiger charge is 2.23. The molecule has 200 valence electrons. The molecule has 0 atom stereocenters. The maximum Gasteiger partial charge on any atom is 0.291 e. The molecule has 1 saturated heterocycles. The Hall–Kier alpha value is -4.72. The van der Waals surface area contributed by atoms with Crippen molar-refractivity contribution in [2.24, 2.45) is 0 Å². The van der Waals surface area contributed by atoms with E-state index < -0.39 is 0 Å². The molecule has 1 aliphatic rings. The van der Waals surface area contributed by atoms with Crippen molar-refractivity contribution >= 4 is 28.9 Å². The number of ether oxygens (including phenoxy) is 1. The number of methoxy groups -OCH3 is 1. The lowest BCUT2D eigenvalue weighted by atomic mass is 10.1. The van der Waals surface area contributed by atoms with Crippen molar-refractivity contribution in [3.05, 3.63) is 108 Å². The Morgan fingerprint density at radius 3 is 2.28 bits per heavy atom. The minimum Gasteiger partial charge on any atom is -0.496 e. The molecular formula is C31H32N4O4. The lowest BCUT2D eigenvalue weighted by molar-refractivity contribution is 0.0948. The summed E-state index contributed by atoms with van der Waals surface area (Å²) >= 11 is 0. The summed E-state index contributed by atoms with van der Waals surface area (Å²) in [6.07, 6.45) is 1.46. The van der Waals surface area contributed by atoms with Crippen LogP contribution in [0.1, 0.15) is 32.0 Å². The quantitative estimate of drug-likeness (QED) is 0.333. The minimum atomic E-state index is -0.369. The molecule has 0 bridgehead atoms. The van der Waals surface area contributed by atoms with Crippen LogP contribution in [0.5, 0.6) is 5.75 Å². The second kappa shape index (κ2) is 11.8. The van der Waals surface area contributed by atoms with E-state index >= 15 is 0 Å². The Morgan fingerprint density at radius 2 is 1.56 bits per heavy atom. The number of hydrogen-bond acceptors (Lipinski definition) is 6. The van der Waals surface area contributed by atoms with Crippen LogP contribution in [-0.2, 0) is 6.54 Å². The van der Waals surface area contributed by atoms with E-state index in [1.807, 2.05) is 30.3 Å². The van der Waals surface area contributed by atoms with Gasteiger partial charge in [-0.25, -0.2) is 0 Å². The van der Waals surface area contributed by atoms with Gasteiger partial charge in [0, 0.05) is 49.5 Å². The van der Waals surface area contributed by atoms with Crippen LogP contribution < -0.4 is 25.2 Å². The average molecular weight is 525 g/mol. The second-order valence-electron chi connectivity index (χ2n) is 9.42. The van der Waals surface area contributed by atoms with Crippen LogP contribution in [0.2, 0.25) is 0 Å². The maximum atomic E-state index is 13.1. The van der Waals surface area contributed by atoms with Gasteiger partial charge in [-0.15, -0.1) is 0 Å². The lowest BCUT2D eigenvalue weighted by Gasteiger charge is -2.38. The van der Waals surface area contributed by atoms with E-state index in [0.29, 0.717) is 23.5 Å². The van der Waals surface area contributed by atoms with Crippen LogP contribution in [0.4, 0.5) is 17.1 Å². The highest BCUT2D eigenvalue weighted by atomic mass is 16.5. The predicted octanol–water partition coefficient (Wildman–Crippen LogP) is 5.11. The van der Waals surface area contributed by atoms with Gasteiger partial charge in [-0.2, -0.15) is 0 Å². The van der Waals surface area contributed by atoms with E-state index in [1.54, 1.807) is 31.4 Å². The van der Waals surface area contributed by atoms with Crippen molar-refractivity contribution in [1.29, 1.82) is 0 Å². The van der Waals surface area contributed by atoms with Gasteiger partial charge in [-0.05, 0) is 55.0 Å². The first-order valence-corrected chi connectivity index (χ1v) is 13.0. The molecule has 3 aromatic carbocycles. The van der Waals surface area contributed by atoms with Gasteiger partial charge in [-0.1, -0.05) is 36.4 Å². The van der Waals surface area contributed by atoms with E-state index in [1.165, 1.54) is 17.5 Å². The Balaban J connectivity index is 1.35. The van der Waals surface area contributed by atoms with Crippen LogP contribution in [-0.4, -0.2) is 45.1 Å². The highest BCUT2D eigenvalue weighted by Crippen LogP contribution is 2.30. The van der Waals surface area contributed by atoms with Gasteiger partial charge in [0.2, 0.25) is 0 Å². The Kier molecular flexibility index (Phi) is 7.82. The van der Waals surface area contributed by atoms with E-state index in [4.69, 9.17) is 9.15 Å². The van der Waals surface area contributed by atoms with E-state index in [9.17, 15) is 9.59 Å². The van der Waals surface area contributed by atoms with Gasteiger partial charge >= 0.3 is 0 Å². The fourth-order valence-electron chi connectivity index (χ4n) is 4.88. The first-order valence-electron chi connectivity index (χ1n) is 13.0. The molecule has 1 aromatic heterocycles. The normalized spacial score (nSPS) is 13.2. The molecule has 8 heteroatoms. The van der Waals surface area contributed by atoms with Crippen LogP contribution in [0.25, 0.3) is 0 Å². The van der Waals surface area contributed by atoms with Gasteiger partial charge in [0.15, 0.2) is 5.76 Å². The summed E-state index contributed by atoms with van der Waals surface area (Å²) < 4.78 is 10.7. The van der Waals surface area contributed by atoms with Gasteiger partial charge < -0.3 is 29.6 Å². The fraction of sp³-hybridized carbons (Fsp3) is 0.226. The van der Waals surface area contributed by atoms with Crippen LogP contribution >= 0.6 is 0 Å². The summed E-state index contributed by atoms with van der Waals surface area (Å²) in [5.41, 5.74) is 5.24. The van der Waals surface area contributed by atoms with Crippen molar-refractivity contribution in [3.63, 3.8) is 0 Å². The van der Waals surface area contributed by atoms with Crippen LogP contribution in [0.3, 0.4) is 0 Å². The van der Waals surface area contributed by atoms with Crippen LogP contribution in [0.15, 0.2) is 89.5 Å². The molecule has 2 heterocycles. The van der Waals surface area contributed by atoms with Gasteiger partial charge in [-0.3, -0.25) is 9.59 Å². The monoisotopic (exact) mass is 524 g/mol. The maximum absolute atomic E-state index is 13.1. The summed E-state index contributed by atoms with van der Waals surface area (Å²) in [6, 6.07) is 24.7. The number of rotatable bonds is 8. The number of carbonyl (C=O) groups excluding carboxylic acids is 2. The third-order valence-corrected chi connectivity index (χ3v) is 6.96. The number of nitrogens with one attached hydrogen (secondary N) is 2.